The molecule has 0 fully saturated rings. The first-order valence-electron chi connectivity index (χ1n) is 8.66. The van der Waals surface area contributed by atoms with Crippen molar-refractivity contribution in [2.75, 3.05) is 5.32 Å². The summed E-state index contributed by atoms with van der Waals surface area (Å²) in [6.45, 7) is 0. The van der Waals surface area contributed by atoms with Gasteiger partial charge in [0.15, 0.2) is 0 Å². The minimum Gasteiger partial charge on any atom is -0.334 e. The number of non-ortho nitro benzene ring substituents is 1. The van der Waals surface area contributed by atoms with Crippen LogP contribution in [0.3, 0.4) is 0 Å². The topological polar surface area (TPSA) is 111 Å². The molecule has 1 heterocycles. The summed E-state index contributed by atoms with van der Waals surface area (Å²) in [6, 6.07) is 21.8. The molecule has 0 saturated heterocycles. The van der Waals surface area contributed by atoms with Gasteiger partial charge in [-0.2, -0.15) is 4.98 Å². The van der Waals surface area contributed by atoms with Crippen molar-refractivity contribution in [2.24, 2.45) is 0 Å². The van der Waals surface area contributed by atoms with E-state index in [1.807, 2.05) is 30.3 Å². The van der Waals surface area contributed by atoms with Crippen LogP contribution in [0.15, 0.2) is 83.4 Å². The Hall–Kier alpha value is -4.33. The van der Waals surface area contributed by atoms with Gasteiger partial charge in [0.1, 0.15) is 0 Å². The van der Waals surface area contributed by atoms with Crippen LogP contribution < -0.4 is 5.32 Å². The summed E-state index contributed by atoms with van der Waals surface area (Å²) in [5.74, 6) is 0.302. The van der Waals surface area contributed by atoms with E-state index >= 15 is 0 Å². The molecule has 0 saturated carbocycles. The zero-order valence-electron chi connectivity index (χ0n) is 15.0. The molecule has 142 valence electrons. The van der Waals surface area contributed by atoms with Crippen molar-refractivity contribution in [3.05, 3.63) is 94.5 Å². The SMILES string of the molecule is O=C(Nc1ccccc1-c1nc(-c2ccccc2)no1)c1ccc([N+](=O)[O-])cc1. The number of hydrogen-bond donors (Lipinski definition) is 1. The minimum absolute atomic E-state index is 0.0822. The van der Waals surface area contributed by atoms with Crippen LogP contribution in [0.1, 0.15) is 10.4 Å². The molecule has 0 bridgehead atoms. The maximum absolute atomic E-state index is 12.6. The molecule has 3 aromatic carbocycles. The highest BCUT2D eigenvalue weighted by molar-refractivity contribution is 6.06. The highest BCUT2D eigenvalue weighted by Crippen LogP contribution is 2.29. The Bertz CT molecular complexity index is 1170. The molecule has 8 heteroatoms. The largest absolute Gasteiger partial charge is 0.334 e. The van der Waals surface area contributed by atoms with Crippen LogP contribution in [0.5, 0.6) is 0 Å². The van der Waals surface area contributed by atoms with Gasteiger partial charge in [-0.25, -0.2) is 0 Å². The van der Waals surface area contributed by atoms with Crippen LogP contribution in [0.4, 0.5) is 11.4 Å². The molecule has 0 unspecified atom stereocenters. The van der Waals surface area contributed by atoms with E-state index in [2.05, 4.69) is 15.5 Å². The van der Waals surface area contributed by atoms with Crippen molar-refractivity contribution in [3.63, 3.8) is 0 Å². The molecule has 4 aromatic rings. The Kier molecular flexibility index (Phi) is 4.81. The maximum Gasteiger partial charge on any atom is 0.269 e. The second kappa shape index (κ2) is 7.73. The molecule has 0 radical (unpaired) electrons. The number of nitrogens with one attached hydrogen (secondary N) is 1. The normalized spacial score (nSPS) is 10.5. The molecule has 0 aliphatic carbocycles. The molecule has 1 amide bonds. The zero-order valence-corrected chi connectivity index (χ0v) is 15.0. The van der Waals surface area contributed by atoms with E-state index in [9.17, 15) is 14.9 Å². The number of nitrogens with zero attached hydrogens (tertiary/aromatic N) is 3. The lowest BCUT2D eigenvalue weighted by atomic mass is 10.1. The van der Waals surface area contributed by atoms with Crippen LogP contribution in [0.25, 0.3) is 22.8 Å². The number of aromatic nitrogens is 2. The Morgan fingerprint density at radius 1 is 0.931 bits per heavy atom. The predicted octanol–water partition coefficient (Wildman–Crippen LogP) is 4.56. The van der Waals surface area contributed by atoms with Crippen molar-refractivity contribution in [1.82, 2.24) is 10.1 Å². The molecule has 0 atom stereocenters. The second-order valence-corrected chi connectivity index (χ2v) is 6.09. The van der Waals surface area contributed by atoms with Gasteiger partial charge in [-0.05, 0) is 24.3 Å². The van der Waals surface area contributed by atoms with E-state index in [0.717, 1.165) is 5.56 Å². The fourth-order valence-corrected chi connectivity index (χ4v) is 2.74. The van der Waals surface area contributed by atoms with Crippen molar-refractivity contribution >= 4 is 17.3 Å². The first-order chi connectivity index (χ1) is 14.1. The van der Waals surface area contributed by atoms with E-state index in [1.54, 1.807) is 24.3 Å². The van der Waals surface area contributed by atoms with E-state index in [4.69, 9.17) is 4.52 Å². The summed E-state index contributed by atoms with van der Waals surface area (Å²) >= 11 is 0. The van der Waals surface area contributed by atoms with Crippen molar-refractivity contribution < 1.29 is 14.2 Å². The third-order valence-corrected chi connectivity index (χ3v) is 4.20. The van der Waals surface area contributed by atoms with Crippen LogP contribution >= 0.6 is 0 Å². The zero-order chi connectivity index (χ0) is 20.2. The van der Waals surface area contributed by atoms with Gasteiger partial charge in [0.05, 0.1) is 16.2 Å². The van der Waals surface area contributed by atoms with Gasteiger partial charge in [-0.1, -0.05) is 47.6 Å². The average Bonchev–Trinajstić information content (AvgIpc) is 3.25. The molecule has 4 rings (SSSR count). The Labute approximate surface area is 165 Å². The number of carbonyl (C=O) groups is 1. The van der Waals surface area contributed by atoms with Gasteiger partial charge in [0.2, 0.25) is 5.82 Å². The Morgan fingerprint density at radius 3 is 2.34 bits per heavy atom. The number of benzene rings is 3. The maximum atomic E-state index is 12.6. The molecular weight excluding hydrogens is 372 g/mol. The summed E-state index contributed by atoms with van der Waals surface area (Å²) in [4.78, 5) is 27.2. The average molecular weight is 386 g/mol. The first kappa shape index (κ1) is 18.1. The summed E-state index contributed by atoms with van der Waals surface area (Å²) in [5.41, 5.74) is 2.08. The summed E-state index contributed by atoms with van der Waals surface area (Å²) in [7, 11) is 0. The molecule has 0 aliphatic heterocycles. The minimum atomic E-state index is -0.517. The number of amides is 1. The molecule has 0 aliphatic rings. The van der Waals surface area contributed by atoms with E-state index in [-0.39, 0.29) is 11.6 Å². The van der Waals surface area contributed by atoms with Crippen LogP contribution in [0.2, 0.25) is 0 Å². The highest BCUT2D eigenvalue weighted by Gasteiger charge is 2.16. The summed E-state index contributed by atoms with van der Waals surface area (Å²) < 4.78 is 5.39. The molecular formula is C21H14N4O4. The van der Waals surface area contributed by atoms with Gasteiger partial charge < -0.3 is 9.84 Å². The molecule has 29 heavy (non-hydrogen) atoms. The lowest BCUT2D eigenvalue weighted by Crippen LogP contribution is -2.12. The van der Waals surface area contributed by atoms with Gasteiger partial charge in [-0.3, -0.25) is 14.9 Å². The number of nitro benzene ring substituents is 1. The quantitative estimate of drug-likeness (QED) is 0.397. The third kappa shape index (κ3) is 3.86. The number of rotatable bonds is 5. The molecule has 1 aromatic heterocycles. The van der Waals surface area contributed by atoms with Crippen LogP contribution in [-0.4, -0.2) is 21.0 Å². The van der Waals surface area contributed by atoms with Crippen LogP contribution in [-0.2, 0) is 0 Å². The van der Waals surface area contributed by atoms with E-state index in [1.165, 1.54) is 24.3 Å². The molecule has 0 spiro atoms. The molecule has 1 N–H and O–H groups in total. The number of nitro groups is 1. The number of carbonyl (C=O) groups excluding carboxylic acids is 1. The molecule has 8 nitrogen and oxygen atoms in total. The lowest BCUT2D eigenvalue weighted by Gasteiger charge is -2.08. The van der Waals surface area contributed by atoms with Crippen molar-refractivity contribution in [2.45, 2.75) is 0 Å². The fraction of sp³-hybridized carbons (Fsp3) is 0. The van der Waals surface area contributed by atoms with Crippen molar-refractivity contribution in [1.29, 1.82) is 0 Å². The standard InChI is InChI=1S/C21H14N4O4/c26-20(15-10-12-16(13-11-15)25(27)28)22-18-9-5-4-8-17(18)21-23-19(24-29-21)14-6-2-1-3-7-14/h1-13H,(H,22,26). The van der Waals surface area contributed by atoms with Gasteiger partial charge in [-0.15, -0.1) is 0 Å². The third-order valence-electron chi connectivity index (χ3n) is 4.20. The monoisotopic (exact) mass is 386 g/mol. The highest BCUT2D eigenvalue weighted by atomic mass is 16.6. The Morgan fingerprint density at radius 2 is 1.62 bits per heavy atom. The van der Waals surface area contributed by atoms with Gasteiger partial charge in [0, 0.05) is 23.3 Å². The van der Waals surface area contributed by atoms with Crippen molar-refractivity contribution in [3.8, 4) is 22.8 Å². The summed E-state index contributed by atoms with van der Waals surface area (Å²) in [5, 5.41) is 17.6. The predicted molar refractivity (Wildman–Crippen MR) is 106 cm³/mol. The smallest absolute Gasteiger partial charge is 0.269 e. The number of anilines is 1. The second-order valence-electron chi connectivity index (χ2n) is 6.09. The summed E-state index contributed by atoms with van der Waals surface area (Å²) in [6.07, 6.45) is 0. The van der Waals surface area contributed by atoms with Crippen LogP contribution in [0, 0.1) is 10.1 Å². The Balaban J connectivity index is 1.60. The number of para-hydroxylation sites is 1. The van der Waals surface area contributed by atoms with E-state index in [0.29, 0.717) is 22.6 Å². The number of hydrogen-bond acceptors (Lipinski definition) is 6. The fourth-order valence-electron chi connectivity index (χ4n) is 2.74. The lowest BCUT2D eigenvalue weighted by molar-refractivity contribution is -0.384. The van der Waals surface area contributed by atoms with Gasteiger partial charge in [0.25, 0.3) is 17.5 Å². The van der Waals surface area contributed by atoms with Gasteiger partial charge >= 0.3 is 0 Å². The first-order valence-corrected chi connectivity index (χ1v) is 8.66. The van der Waals surface area contributed by atoms with E-state index < -0.39 is 10.8 Å².